The van der Waals surface area contributed by atoms with Crippen LogP contribution < -0.4 is 0 Å². The molecule has 0 spiro atoms. The maximum atomic E-state index is 5.56. The van der Waals surface area contributed by atoms with Gasteiger partial charge in [-0.05, 0) is 41.5 Å². The molecule has 0 unspecified atom stereocenters. The van der Waals surface area contributed by atoms with Crippen LogP contribution in [0.5, 0.6) is 0 Å². The van der Waals surface area contributed by atoms with Crippen LogP contribution in [-0.4, -0.2) is 19.1 Å². The molecule has 4 nitrogen and oxygen atoms in total. The van der Waals surface area contributed by atoms with Gasteiger partial charge in [-0.25, -0.2) is 9.97 Å². The van der Waals surface area contributed by atoms with Gasteiger partial charge in [0, 0.05) is 48.3 Å². The minimum absolute atomic E-state index is 0.840. The Morgan fingerprint density at radius 1 is 0.471 bits per heavy atom. The fourth-order valence-corrected chi connectivity index (χ4v) is 9.62. The number of hydrogen-bond acceptors (Lipinski definition) is 3. The number of para-hydroxylation sites is 3. The topological polar surface area (TPSA) is 35.6 Å². The van der Waals surface area contributed by atoms with Crippen molar-refractivity contribution in [2.45, 2.75) is 0 Å². The van der Waals surface area contributed by atoms with E-state index in [1.54, 1.807) is 11.3 Å². The van der Waals surface area contributed by atoms with Crippen molar-refractivity contribution in [1.82, 2.24) is 19.1 Å². The molecule has 0 amide bonds. The molecule has 0 fully saturated rings. The Hall–Kier alpha value is -6.56. The average Bonchev–Trinajstić information content (AvgIpc) is 3.81. The zero-order valence-corrected chi connectivity index (χ0v) is 28.0. The Morgan fingerprint density at radius 3 is 1.96 bits per heavy atom. The standard InChI is InChI=1S/C46H26N4S/c1-2-14-27(15-3-1)42-45(48-46-43(47-42)33-21-9-13-25-39(33)51-46)50-37-24-12-8-20-32(37)40-38(50)26-34-30-18-7-11-23-36(30)49-35-22-10-6-17-29(35)28-16-4-5-19-31(28)41(40)44(34)49/h1-26H. The third-order valence-electron chi connectivity index (χ3n) is 10.7. The van der Waals surface area contributed by atoms with E-state index in [1.165, 1.54) is 65.2 Å². The minimum atomic E-state index is 0.840. The average molecular weight is 667 g/mol. The van der Waals surface area contributed by atoms with E-state index in [0.29, 0.717) is 0 Å². The molecule has 236 valence electrons. The van der Waals surface area contributed by atoms with Gasteiger partial charge >= 0.3 is 0 Å². The fraction of sp³-hybridized carbons (Fsp3) is 0. The highest BCUT2D eigenvalue weighted by molar-refractivity contribution is 7.25. The summed E-state index contributed by atoms with van der Waals surface area (Å²) in [6.45, 7) is 0. The van der Waals surface area contributed by atoms with Crippen LogP contribution in [0.1, 0.15) is 0 Å². The summed E-state index contributed by atoms with van der Waals surface area (Å²) in [5.41, 5.74) is 13.7. The van der Waals surface area contributed by atoms with Crippen LogP contribution in [0.25, 0.3) is 109 Å². The molecule has 5 heteroatoms. The predicted molar refractivity (Wildman–Crippen MR) is 213 cm³/mol. The van der Waals surface area contributed by atoms with Gasteiger partial charge in [0.15, 0.2) is 5.82 Å². The monoisotopic (exact) mass is 666 g/mol. The highest BCUT2D eigenvalue weighted by atomic mass is 32.1. The summed E-state index contributed by atoms with van der Waals surface area (Å²) in [6, 6.07) is 56.9. The fourth-order valence-electron chi connectivity index (χ4n) is 8.60. The molecule has 12 rings (SSSR count). The Kier molecular flexibility index (Phi) is 5.35. The summed E-state index contributed by atoms with van der Waals surface area (Å²) in [4.78, 5) is 12.0. The molecule has 7 aromatic carbocycles. The molecule has 51 heavy (non-hydrogen) atoms. The Morgan fingerprint density at radius 2 is 1.12 bits per heavy atom. The van der Waals surface area contributed by atoms with E-state index in [1.807, 2.05) is 0 Å². The molecule has 0 radical (unpaired) electrons. The van der Waals surface area contributed by atoms with Gasteiger partial charge in [-0.1, -0.05) is 127 Å². The van der Waals surface area contributed by atoms with E-state index < -0.39 is 0 Å². The molecule has 11 aromatic rings. The maximum Gasteiger partial charge on any atom is 0.166 e. The van der Waals surface area contributed by atoms with Gasteiger partial charge in [0.25, 0.3) is 0 Å². The van der Waals surface area contributed by atoms with Crippen molar-refractivity contribution >= 4 is 75.4 Å². The van der Waals surface area contributed by atoms with E-state index in [0.717, 1.165) is 43.8 Å². The van der Waals surface area contributed by atoms with Gasteiger partial charge in [0.05, 0.1) is 27.8 Å². The first-order valence-corrected chi connectivity index (χ1v) is 18.1. The van der Waals surface area contributed by atoms with Crippen molar-refractivity contribution in [3.8, 4) is 45.0 Å². The van der Waals surface area contributed by atoms with Crippen LogP contribution in [0.3, 0.4) is 0 Å². The van der Waals surface area contributed by atoms with Crippen molar-refractivity contribution in [2.75, 3.05) is 0 Å². The lowest BCUT2D eigenvalue weighted by Crippen LogP contribution is -2.03. The van der Waals surface area contributed by atoms with E-state index in [2.05, 4.69) is 167 Å². The SMILES string of the molecule is c1ccc(-c2nc3c(nc2-n2c4ccccc4c4c5c6c(cc42)c2ccccc2n6-c2ccccc2-c2ccccc2-5)sc2ccccc23)cc1. The Labute approximate surface area is 296 Å². The molecule has 4 aromatic heterocycles. The molecule has 0 saturated heterocycles. The Bertz CT molecular complexity index is 3250. The van der Waals surface area contributed by atoms with Crippen LogP contribution in [0.15, 0.2) is 158 Å². The third kappa shape index (κ3) is 3.58. The lowest BCUT2D eigenvalue weighted by molar-refractivity contribution is 1.09. The number of rotatable bonds is 2. The van der Waals surface area contributed by atoms with Gasteiger partial charge in [0.2, 0.25) is 0 Å². The maximum absolute atomic E-state index is 5.56. The molecule has 1 aliphatic heterocycles. The Balaban J connectivity index is 1.33. The van der Waals surface area contributed by atoms with Crippen LogP contribution in [0.4, 0.5) is 0 Å². The van der Waals surface area contributed by atoms with Crippen molar-refractivity contribution in [3.05, 3.63) is 158 Å². The van der Waals surface area contributed by atoms with E-state index >= 15 is 0 Å². The first-order chi connectivity index (χ1) is 25.3. The lowest BCUT2D eigenvalue weighted by atomic mass is 9.91. The van der Waals surface area contributed by atoms with Gasteiger partial charge in [0.1, 0.15) is 16.0 Å². The molecule has 5 heterocycles. The van der Waals surface area contributed by atoms with E-state index in [4.69, 9.17) is 9.97 Å². The predicted octanol–water partition coefficient (Wildman–Crippen LogP) is 12.4. The summed E-state index contributed by atoms with van der Waals surface area (Å²) in [6.07, 6.45) is 0. The molecule has 1 aliphatic rings. The second-order valence-corrected chi connectivity index (χ2v) is 14.4. The highest BCUT2D eigenvalue weighted by Crippen LogP contribution is 2.52. The van der Waals surface area contributed by atoms with Gasteiger partial charge in [-0.2, -0.15) is 0 Å². The largest absolute Gasteiger partial charge is 0.308 e. The van der Waals surface area contributed by atoms with E-state index in [9.17, 15) is 0 Å². The van der Waals surface area contributed by atoms with Gasteiger partial charge < -0.3 is 4.57 Å². The lowest BCUT2D eigenvalue weighted by Gasteiger charge is -2.14. The molecular formula is C46H26N4S. The molecule has 0 aliphatic carbocycles. The zero-order valence-electron chi connectivity index (χ0n) is 27.2. The summed E-state index contributed by atoms with van der Waals surface area (Å²) in [5.74, 6) is 0.840. The number of benzene rings is 7. The van der Waals surface area contributed by atoms with Crippen LogP contribution in [-0.2, 0) is 0 Å². The van der Waals surface area contributed by atoms with Crippen LogP contribution in [0.2, 0.25) is 0 Å². The number of fused-ring (bicyclic) bond motifs is 15. The normalized spacial score (nSPS) is 12.3. The third-order valence-corrected chi connectivity index (χ3v) is 11.7. The number of aromatic nitrogens is 4. The number of thiophene rings is 1. The van der Waals surface area contributed by atoms with Crippen LogP contribution in [0, 0.1) is 0 Å². The number of hydrogen-bond donors (Lipinski definition) is 0. The summed E-state index contributed by atoms with van der Waals surface area (Å²) < 4.78 is 6.07. The second-order valence-electron chi connectivity index (χ2n) is 13.3. The smallest absolute Gasteiger partial charge is 0.166 e. The zero-order chi connectivity index (χ0) is 33.2. The minimum Gasteiger partial charge on any atom is -0.308 e. The van der Waals surface area contributed by atoms with Crippen molar-refractivity contribution in [2.24, 2.45) is 0 Å². The molecule has 0 saturated carbocycles. The van der Waals surface area contributed by atoms with Crippen LogP contribution >= 0.6 is 11.3 Å². The summed E-state index contributed by atoms with van der Waals surface area (Å²) in [5, 5.41) is 6.01. The first-order valence-electron chi connectivity index (χ1n) is 17.3. The summed E-state index contributed by atoms with van der Waals surface area (Å²) in [7, 11) is 0. The van der Waals surface area contributed by atoms with Gasteiger partial charge in [-0.15, -0.1) is 11.3 Å². The van der Waals surface area contributed by atoms with Crippen molar-refractivity contribution in [1.29, 1.82) is 0 Å². The molecular weight excluding hydrogens is 641 g/mol. The quantitative estimate of drug-likeness (QED) is 0.184. The number of nitrogens with zero attached hydrogens (tertiary/aromatic N) is 4. The first kappa shape index (κ1) is 27.3. The second kappa shape index (κ2) is 10.0. The molecule has 0 N–H and O–H groups in total. The summed E-state index contributed by atoms with van der Waals surface area (Å²) >= 11 is 1.71. The van der Waals surface area contributed by atoms with Gasteiger partial charge in [-0.3, -0.25) is 4.57 Å². The van der Waals surface area contributed by atoms with Crippen molar-refractivity contribution < 1.29 is 0 Å². The van der Waals surface area contributed by atoms with Crippen molar-refractivity contribution in [3.63, 3.8) is 0 Å². The molecule has 0 bridgehead atoms. The molecule has 0 atom stereocenters. The van der Waals surface area contributed by atoms with E-state index in [-0.39, 0.29) is 0 Å². The highest BCUT2D eigenvalue weighted by Gasteiger charge is 2.29.